The van der Waals surface area contributed by atoms with Crippen molar-refractivity contribution in [3.8, 4) is 5.75 Å². The maximum absolute atomic E-state index is 11.9. The van der Waals surface area contributed by atoms with Crippen LogP contribution in [0, 0.1) is 6.92 Å². The molecular formula is C21H19NO2. The molecule has 0 bridgehead atoms. The number of amides is 1. The van der Waals surface area contributed by atoms with Gasteiger partial charge in [0.2, 0.25) is 0 Å². The molecule has 0 fully saturated rings. The molecule has 3 rings (SSSR count). The molecule has 0 atom stereocenters. The number of ether oxygens (including phenoxy) is 1. The Hall–Kier alpha value is -3.07. The summed E-state index contributed by atoms with van der Waals surface area (Å²) in [4.78, 5) is 11.9. The molecule has 24 heavy (non-hydrogen) atoms. The van der Waals surface area contributed by atoms with Crippen LogP contribution in [0.3, 0.4) is 0 Å². The average molecular weight is 317 g/mol. The van der Waals surface area contributed by atoms with Gasteiger partial charge in [-0.1, -0.05) is 60.2 Å². The highest BCUT2D eigenvalue weighted by molar-refractivity contribution is 5.86. The van der Waals surface area contributed by atoms with Crippen molar-refractivity contribution in [3.63, 3.8) is 0 Å². The average Bonchev–Trinajstić information content (AvgIpc) is 2.59. The van der Waals surface area contributed by atoms with E-state index in [0.717, 1.165) is 6.42 Å². The molecule has 0 aliphatic heterocycles. The van der Waals surface area contributed by atoms with Gasteiger partial charge in [0.25, 0.3) is 0 Å². The van der Waals surface area contributed by atoms with Gasteiger partial charge in [0, 0.05) is 5.69 Å². The third-order valence-electron chi connectivity index (χ3n) is 3.68. The van der Waals surface area contributed by atoms with E-state index < -0.39 is 6.09 Å². The van der Waals surface area contributed by atoms with E-state index >= 15 is 0 Å². The summed E-state index contributed by atoms with van der Waals surface area (Å²) in [5.41, 5.74) is 4.43. The van der Waals surface area contributed by atoms with E-state index in [2.05, 4.69) is 36.5 Å². The van der Waals surface area contributed by atoms with E-state index in [4.69, 9.17) is 4.74 Å². The van der Waals surface area contributed by atoms with Crippen molar-refractivity contribution in [2.24, 2.45) is 0 Å². The predicted octanol–water partition coefficient (Wildman–Crippen LogP) is 5.20. The first-order chi connectivity index (χ1) is 11.7. The molecule has 3 heteroatoms. The number of para-hydroxylation sites is 1. The van der Waals surface area contributed by atoms with Gasteiger partial charge in [0.05, 0.1) is 0 Å². The van der Waals surface area contributed by atoms with Gasteiger partial charge in [0.1, 0.15) is 5.75 Å². The van der Waals surface area contributed by atoms with Crippen LogP contribution in [0.5, 0.6) is 5.75 Å². The summed E-state index contributed by atoms with van der Waals surface area (Å²) in [6.45, 7) is 2.08. The van der Waals surface area contributed by atoms with Crippen LogP contribution in [0.2, 0.25) is 0 Å². The molecule has 120 valence electrons. The molecule has 0 unspecified atom stereocenters. The summed E-state index contributed by atoms with van der Waals surface area (Å²) >= 11 is 0. The van der Waals surface area contributed by atoms with Crippen molar-refractivity contribution in [1.29, 1.82) is 0 Å². The number of carbonyl (C=O) groups is 1. The zero-order valence-corrected chi connectivity index (χ0v) is 13.5. The second-order valence-electron chi connectivity index (χ2n) is 5.69. The van der Waals surface area contributed by atoms with E-state index in [1.807, 2.05) is 42.5 Å². The highest BCUT2D eigenvalue weighted by Gasteiger charge is 2.05. The lowest BCUT2D eigenvalue weighted by Gasteiger charge is -2.08. The van der Waals surface area contributed by atoms with E-state index in [1.165, 1.54) is 16.7 Å². The van der Waals surface area contributed by atoms with Crippen LogP contribution in [0.1, 0.15) is 16.7 Å². The number of anilines is 1. The van der Waals surface area contributed by atoms with Gasteiger partial charge in [-0.3, -0.25) is 5.32 Å². The Kier molecular flexibility index (Phi) is 4.92. The molecule has 0 spiro atoms. The van der Waals surface area contributed by atoms with Crippen LogP contribution in [-0.4, -0.2) is 6.09 Å². The topological polar surface area (TPSA) is 38.3 Å². The predicted molar refractivity (Wildman–Crippen MR) is 96.5 cm³/mol. The Labute approximate surface area is 141 Å². The number of hydrogen-bond acceptors (Lipinski definition) is 2. The first-order valence-corrected chi connectivity index (χ1v) is 7.87. The van der Waals surface area contributed by atoms with Gasteiger partial charge in [-0.15, -0.1) is 0 Å². The van der Waals surface area contributed by atoms with Crippen molar-refractivity contribution in [1.82, 2.24) is 0 Å². The first-order valence-electron chi connectivity index (χ1n) is 7.87. The Balaban J connectivity index is 1.58. The molecule has 0 saturated heterocycles. The van der Waals surface area contributed by atoms with Crippen LogP contribution in [0.4, 0.5) is 10.5 Å². The number of nitrogens with one attached hydrogen (secondary N) is 1. The third kappa shape index (κ3) is 4.46. The van der Waals surface area contributed by atoms with Crippen LogP contribution >= 0.6 is 0 Å². The van der Waals surface area contributed by atoms with E-state index in [9.17, 15) is 4.79 Å². The number of carbonyl (C=O) groups excluding carboxylic acids is 1. The molecule has 1 N–H and O–H groups in total. The zero-order chi connectivity index (χ0) is 16.8. The lowest BCUT2D eigenvalue weighted by Crippen LogP contribution is -2.16. The fourth-order valence-corrected chi connectivity index (χ4v) is 2.39. The quantitative estimate of drug-likeness (QED) is 0.718. The van der Waals surface area contributed by atoms with Crippen molar-refractivity contribution < 1.29 is 9.53 Å². The van der Waals surface area contributed by atoms with Gasteiger partial charge in [-0.25, -0.2) is 4.79 Å². The normalized spacial score (nSPS) is 10.2. The fraction of sp³-hybridized carbons (Fsp3) is 0.0952. The van der Waals surface area contributed by atoms with Gasteiger partial charge in [-0.05, 0) is 48.7 Å². The summed E-state index contributed by atoms with van der Waals surface area (Å²) in [6, 6.07) is 25.3. The van der Waals surface area contributed by atoms with Gasteiger partial charge >= 0.3 is 6.09 Å². The number of hydrogen-bond donors (Lipinski definition) is 1. The standard InChI is InChI=1S/C21H19NO2/c1-16-7-9-17(10-8-16)15-18-11-13-19(14-12-18)22-21(23)24-20-5-3-2-4-6-20/h2-14H,15H2,1H3,(H,22,23). The molecular weight excluding hydrogens is 298 g/mol. The smallest absolute Gasteiger partial charge is 0.410 e. The molecule has 0 aliphatic rings. The van der Waals surface area contributed by atoms with Crippen molar-refractivity contribution in [3.05, 3.63) is 95.6 Å². The van der Waals surface area contributed by atoms with Crippen molar-refractivity contribution in [2.45, 2.75) is 13.3 Å². The second kappa shape index (κ2) is 7.47. The van der Waals surface area contributed by atoms with E-state index in [-0.39, 0.29) is 0 Å². The third-order valence-corrected chi connectivity index (χ3v) is 3.68. The molecule has 0 aliphatic carbocycles. The second-order valence-corrected chi connectivity index (χ2v) is 5.69. The lowest BCUT2D eigenvalue weighted by molar-refractivity contribution is 0.215. The molecule has 0 heterocycles. The molecule has 0 aromatic heterocycles. The Morgan fingerprint density at radius 3 is 2.04 bits per heavy atom. The minimum Gasteiger partial charge on any atom is -0.410 e. The molecule has 3 aromatic rings. The summed E-state index contributed by atoms with van der Waals surface area (Å²) in [7, 11) is 0. The summed E-state index contributed by atoms with van der Waals surface area (Å²) in [5, 5.41) is 2.73. The van der Waals surface area contributed by atoms with E-state index in [0.29, 0.717) is 11.4 Å². The van der Waals surface area contributed by atoms with E-state index in [1.54, 1.807) is 12.1 Å². The maximum atomic E-state index is 11.9. The number of benzene rings is 3. The Bertz CT molecular complexity index is 794. The highest BCUT2D eigenvalue weighted by Crippen LogP contribution is 2.15. The Morgan fingerprint density at radius 1 is 0.833 bits per heavy atom. The summed E-state index contributed by atoms with van der Waals surface area (Å²) in [6.07, 6.45) is 0.377. The zero-order valence-electron chi connectivity index (χ0n) is 13.5. The number of aryl methyl sites for hydroxylation is 1. The number of rotatable bonds is 4. The van der Waals surface area contributed by atoms with Gasteiger partial charge < -0.3 is 4.74 Å². The van der Waals surface area contributed by atoms with Crippen molar-refractivity contribution >= 4 is 11.8 Å². The van der Waals surface area contributed by atoms with Crippen LogP contribution < -0.4 is 10.1 Å². The van der Waals surface area contributed by atoms with Crippen LogP contribution in [0.15, 0.2) is 78.9 Å². The molecule has 0 radical (unpaired) electrons. The Morgan fingerprint density at radius 2 is 1.42 bits per heavy atom. The molecule has 3 aromatic carbocycles. The van der Waals surface area contributed by atoms with Crippen LogP contribution in [0.25, 0.3) is 0 Å². The fourth-order valence-electron chi connectivity index (χ4n) is 2.39. The maximum Gasteiger partial charge on any atom is 0.417 e. The monoisotopic (exact) mass is 317 g/mol. The molecule has 3 nitrogen and oxygen atoms in total. The minimum atomic E-state index is -0.493. The summed E-state index contributed by atoms with van der Waals surface area (Å²) in [5.74, 6) is 0.519. The minimum absolute atomic E-state index is 0.493. The largest absolute Gasteiger partial charge is 0.417 e. The lowest BCUT2D eigenvalue weighted by atomic mass is 10.0. The SMILES string of the molecule is Cc1ccc(Cc2ccc(NC(=O)Oc3ccccc3)cc2)cc1. The van der Waals surface area contributed by atoms with Gasteiger partial charge in [0.15, 0.2) is 0 Å². The highest BCUT2D eigenvalue weighted by atomic mass is 16.6. The van der Waals surface area contributed by atoms with Crippen LogP contribution in [-0.2, 0) is 6.42 Å². The van der Waals surface area contributed by atoms with Gasteiger partial charge in [-0.2, -0.15) is 0 Å². The molecule has 0 saturated carbocycles. The molecule has 1 amide bonds. The van der Waals surface area contributed by atoms with Crippen molar-refractivity contribution in [2.75, 3.05) is 5.32 Å². The summed E-state index contributed by atoms with van der Waals surface area (Å²) < 4.78 is 5.21. The first kappa shape index (κ1) is 15.8.